The highest BCUT2D eigenvalue weighted by molar-refractivity contribution is 5.39. The van der Waals surface area contributed by atoms with Crippen molar-refractivity contribution in [2.75, 3.05) is 39.8 Å². The van der Waals surface area contributed by atoms with Crippen LogP contribution in [0.5, 0.6) is 5.75 Å². The number of likely N-dealkylation sites (N-methyl/N-ethyl adjacent to an activating group) is 1. The Hall–Kier alpha value is -1.54. The van der Waals surface area contributed by atoms with Crippen molar-refractivity contribution in [2.45, 2.75) is 50.9 Å². The lowest BCUT2D eigenvalue weighted by molar-refractivity contribution is -0.169. The molecule has 3 aliphatic heterocycles. The minimum Gasteiger partial charge on any atom is -0.487 e. The third-order valence-corrected chi connectivity index (χ3v) is 6.43. The fraction of sp³-hybridized carbons (Fsp3) is 0.652. The molecular formula is C23H32N2O2. The summed E-state index contributed by atoms with van der Waals surface area (Å²) in [7, 11) is 2.18. The van der Waals surface area contributed by atoms with Crippen molar-refractivity contribution in [2.24, 2.45) is 5.92 Å². The molecule has 3 aliphatic rings. The molecule has 0 spiro atoms. The molecule has 0 aliphatic carbocycles. The molecule has 0 saturated carbocycles. The van der Waals surface area contributed by atoms with Gasteiger partial charge in [0.25, 0.3) is 0 Å². The molecule has 0 N–H and O–H groups in total. The standard InChI is InChI=1S/C23H32N2O2/c1-22(2)19-10-12-23(3,11-7-13-25-16-14-24(4)15-17-25)27-21(19)18-8-5-6-9-20(18)26-22/h5-6,8-9,19,21H,10,12-17H2,1-4H3/t19-,21-,23+/m1/s1. The summed E-state index contributed by atoms with van der Waals surface area (Å²) in [5.74, 6) is 8.22. The Bertz CT molecular complexity index is 742. The molecule has 0 unspecified atom stereocenters. The third kappa shape index (κ3) is 3.87. The Morgan fingerprint density at radius 1 is 1.11 bits per heavy atom. The van der Waals surface area contributed by atoms with Gasteiger partial charge in [-0.25, -0.2) is 0 Å². The van der Waals surface area contributed by atoms with Crippen molar-refractivity contribution in [1.29, 1.82) is 0 Å². The highest BCUT2D eigenvalue weighted by Crippen LogP contribution is 2.52. The second kappa shape index (κ2) is 7.13. The summed E-state index contributed by atoms with van der Waals surface area (Å²) in [5.41, 5.74) is 0.579. The van der Waals surface area contributed by atoms with Gasteiger partial charge in [-0.3, -0.25) is 4.90 Å². The molecular weight excluding hydrogens is 336 g/mol. The van der Waals surface area contributed by atoms with Crippen LogP contribution in [0.4, 0.5) is 0 Å². The molecule has 0 amide bonds. The molecule has 2 saturated heterocycles. The highest BCUT2D eigenvalue weighted by Gasteiger charge is 2.49. The Kier molecular flexibility index (Phi) is 4.96. The van der Waals surface area contributed by atoms with Gasteiger partial charge in [0.05, 0.1) is 12.6 Å². The molecule has 146 valence electrons. The second-order valence-corrected chi connectivity index (χ2v) is 9.04. The zero-order valence-electron chi connectivity index (χ0n) is 17.1. The molecule has 4 nitrogen and oxygen atoms in total. The molecule has 3 atom stereocenters. The van der Waals surface area contributed by atoms with Crippen LogP contribution in [0.2, 0.25) is 0 Å². The molecule has 2 fully saturated rings. The first-order valence-electron chi connectivity index (χ1n) is 10.2. The first-order valence-corrected chi connectivity index (χ1v) is 10.2. The molecule has 3 heterocycles. The number of fused-ring (bicyclic) bond motifs is 3. The first-order chi connectivity index (χ1) is 12.9. The van der Waals surface area contributed by atoms with Crippen molar-refractivity contribution in [1.82, 2.24) is 9.80 Å². The largest absolute Gasteiger partial charge is 0.487 e. The van der Waals surface area contributed by atoms with E-state index in [1.807, 2.05) is 6.07 Å². The summed E-state index contributed by atoms with van der Waals surface area (Å²) in [6, 6.07) is 8.31. The molecule has 1 aromatic rings. The molecule has 1 aromatic carbocycles. The number of hydrogen-bond donors (Lipinski definition) is 0. The molecule has 0 radical (unpaired) electrons. The molecule has 4 rings (SSSR count). The lowest BCUT2D eigenvalue weighted by atomic mass is 9.73. The number of benzene rings is 1. The van der Waals surface area contributed by atoms with Crippen LogP contribution in [0.3, 0.4) is 0 Å². The SMILES string of the molecule is CN1CCN(CC#C[C@@]2(C)CC[C@@H]3[C@H](O2)c2ccccc2OC3(C)C)CC1. The fourth-order valence-corrected chi connectivity index (χ4v) is 4.60. The van der Waals surface area contributed by atoms with E-state index in [9.17, 15) is 0 Å². The Labute approximate surface area is 163 Å². The topological polar surface area (TPSA) is 24.9 Å². The smallest absolute Gasteiger partial charge is 0.126 e. The van der Waals surface area contributed by atoms with Crippen LogP contribution in [0.1, 0.15) is 45.3 Å². The van der Waals surface area contributed by atoms with Crippen LogP contribution in [0.15, 0.2) is 24.3 Å². The molecule has 0 bridgehead atoms. The van der Waals surface area contributed by atoms with Gasteiger partial charge < -0.3 is 14.4 Å². The van der Waals surface area contributed by atoms with E-state index in [2.05, 4.69) is 67.7 Å². The summed E-state index contributed by atoms with van der Waals surface area (Å²) in [5, 5.41) is 0. The number of rotatable bonds is 1. The zero-order valence-corrected chi connectivity index (χ0v) is 17.1. The highest BCUT2D eigenvalue weighted by atomic mass is 16.5. The van der Waals surface area contributed by atoms with Gasteiger partial charge in [-0.15, -0.1) is 0 Å². The van der Waals surface area contributed by atoms with Crippen LogP contribution in [0, 0.1) is 17.8 Å². The second-order valence-electron chi connectivity index (χ2n) is 9.04. The average molecular weight is 369 g/mol. The molecule has 0 aromatic heterocycles. The number of ether oxygens (including phenoxy) is 2. The maximum Gasteiger partial charge on any atom is 0.126 e. The van der Waals surface area contributed by atoms with E-state index < -0.39 is 0 Å². The minimum absolute atomic E-state index is 0.0571. The quantitative estimate of drug-likeness (QED) is 0.710. The first kappa shape index (κ1) is 18.8. The van der Waals surface area contributed by atoms with Crippen molar-refractivity contribution >= 4 is 0 Å². The van der Waals surface area contributed by atoms with Gasteiger partial charge in [0.1, 0.15) is 17.0 Å². The van der Waals surface area contributed by atoms with Gasteiger partial charge in [-0.1, -0.05) is 30.0 Å². The Morgan fingerprint density at radius 2 is 1.85 bits per heavy atom. The van der Waals surface area contributed by atoms with E-state index in [0.717, 1.165) is 51.3 Å². The molecule has 4 heteroatoms. The van der Waals surface area contributed by atoms with Gasteiger partial charge in [-0.05, 0) is 46.7 Å². The van der Waals surface area contributed by atoms with E-state index in [0.29, 0.717) is 5.92 Å². The summed E-state index contributed by atoms with van der Waals surface area (Å²) in [6.07, 6.45) is 2.09. The monoisotopic (exact) mass is 368 g/mol. The van der Waals surface area contributed by atoms with E-state index >= 15 is 0 Å². The Balaban J connectivity index is 1.49. The minimum atomic E-state index is -0.381. The van der Waals surface area contributed by atoms with Crippen molar-refractivity contribution in [3.8, 4) is 17.6 Å². The zero-order chi connectivity index (χ0) is 19.1. The lowest BCUT2D eigenvalue weighted by Gasteiger charge is -2.50. The molecule has 27 heavy (non-hydrogen) atoms. The number of hydrogen-bond acceptors (Lipinski definition) is 4. The van der Waals surface area contributed by atoms with E-state index in [-0.39, 0.29) is 17.3 Å². The number of piperazine rings is 1. The summed E-state index contributed by atoms with van der Waals surface area (Å²) in [4.78, 5) is 4.81. The van der Waals surface area contributed by atoms with Crippen LogP contribution in [-0.4, -0.2) is 60.8 Å². The van der Waals surface area contributed by atoms with Gasteiger partial charge in [0.2, 0.25) is 0 Å². The van der Waals surface area contributed by atoms with Crippen LogP contribution >= 0.6 is 0 Å². The van der Waals surface area contributed by atoms with E-state index in [1.165, 1.54) is 5.56 Å². The predicted molar refractivity (Wildman–Crippen MR) is 108 cm³/mol. The van der Waals surface area contributed by atoms with Crippen LogP contribution in [0.25, 0.3) is 0 Å². The summed E-state index contributed by atoms with van der Waals surface area (Å²) >= 11 is 0. The fourth-order valence-electron chi connectivity index (χ4n) is 4.60. The summed E-state index contributed by atoms with van der Waals surface area (Å²) < 4.78 is 13.0. The third-order valence-electron chi connectivity index (χ3n) is 6.43. The summed E-state index contributed by atoms with van der Waals surface area (Å²) in [6.45, 7) is 11.8. The van der Waals surface area contributed by atoms with Gasteiger partial charge >= 0.3 is 0 Å². The van der Waals surface area contributed by atoms with Crippen molar-refractivity contribution in [3.05, 3.63) is 29.8 Å². The average Bonchev–Trinajstić information content (AvgIpc) is 2.63. The normalized spacial score (nSPS) is 33.2. The van der Waals surface area contributed by atoms with E-state index in [1.54, 1.807) is 0 Å². The number of para-hydroxylation sites is 1. The van der Waals surface area contributed by atoms with Crippen LogP contribution in [-0.2, 0) is 4.74 Å². The van der Waals surface area contributed by atoms with Gasteiger partial charge in [0.15, 0.2) is 0 Å². The predicted octanol–water partition coefficient (Wildman–Crippen LogP) is 3.33. The Morgan fingerprint density at radius 3 is 2.63 bits per heavy atom. The maximum atomic E-state index is 6.67. The maximum absolute atomic E-state index is 6.67. The van der Waals surface area contributed by atoms with Gasteiger partial charge in [-0.2, -0.15) is 0 Å². The van der Waals surface area contributed by atoms with E-state index in [4.69, 9.17) is 9.47 Å². The van der Waals surface area contributed by atoms with Gasteiger partial charge in [0, 0.05) is 37.7 Å². The van der Waals surface area contributed by atoms with Crippen LogP contribution < -0.4 is 4.74 Å². The lowest BCUT2D eigenvalue weighted by Crippen LogP contribution is -2.51. The van der Waals surface area contributed by atoms with Crippen molar-refractivity contribution < 1.29 is 9.47 Å². The number of nitrogens with zero attached hydrogens (tertiary/aromatic N) is 2. The van der Waals surface area contributed by atoms with Crippen molar-refractivity contribution in [3.63, 3.8) is 0 Å².